The molecule has 0 spiro atoms. The number of carbonyl (C=O) groups excluding carboxylic acids is 1. The molecule has 1 aliphatic carbocycles. The van der Waals surface area contributed by atoms with Gasteiger partial charge in [-0.15, -0.1) is 0 Å². The lowest BCUT2D eigenvalue weighted by molar-refractivity contribution is -0.132. The number of nitrogens with one attached hydrogen (secondary N) is 1. The van der Waals surface area contributed by atoms with E-state index in [1.54, 1.807) is 0 Å². The molecule has 6 heteroatoms. The highest BCUT2D eigenvalue weighted by Gasteiger charge is 2.41. The number of amides is 1. The van der Waals surface area contributed by atoms with Gasteiger partial charge in [-0.2, -0.15) is 0 Å². The van der Waals surface area contributed by atoms with Gasteiger partial charge < -0.3 is 10.2 Å². The highest BCUT2D eigenvalue weighted by atomic mass is 35.5. The van der Waals surface area contributed by atoms with E-state index in [0.29, 0.717) is 36.5 Å². The smallest absolute Gasteiger partial charge is 0.223 e. The molecule has 4 rings (SSSR count). The van der Waals surface area contributed by atoms with Crippen molar-refractivity contribution in [1.82, 2.24) is 14.9 Å². The summed E-state index contributed by atoms with van der Waals surface area (Å²) >= 11 is 5.85. The monoisotopic (exact) mass is 370 g/mol. The molecule has 136 valence electrons. The molecule has 0 bridgehead atoms. The van der Waals surface area contributed by atoms with Crippen molar-refractivity contribution in [3.05, 3.63) is 51.4 Å². The number of fused-ring (bicyclic) bond motifs is 1. The Morgan fingerprint density at radius 3 is 2.77 bits per heavy atom. The van der Waals surface area contributed by atoms with E-state index >= 15 is 0 Å². The van der Waals surface area contributed by atoms with Crippen LogP contribution in [0, 0.1) is 19.8 Å². The number of hydrogen-bond donors (Lipinski definition) is 1. The van der Waals surface area contributed by atoms with Gasteiger partial charge in [0.15, 0.2) is 0 Å². The summed E-state index contributed by atoms with van der Waals surface area (Å²) in [5, 5.41) is 3.68. The third-order valence-electron chi connectivity index (χ3n) is 5.75. The normalized spacial score (nSPS) is 20.8. The number of hydrogen-bond acceptors (Lipinski definition) is 4. The van der Waals surface area contributed by atoms with Crippen molar-refractivity contribution < 1.29 is 4.79 Å². The number of pyridine rings is 2. The first-order chi connectivity index (χ1) is 12.5. The van der Waals surface area contributed by atoms with Gasteiger partial charge in [-0.05, 0) is 54.9 Å². The van der Waals surface area contributed by atoms with E-state index in [1.807, 2.05) is 37.2 Å². The molecule has 26 heavy (non-hydrogen) atoms. The summed E-state index contributed by atoms with van der Waals surface area (Å²) < 4.78 is 0. The molecule has 0 aromatic carbocycles. The SMILES string of the molecule is CNc1nc(C)c(C)c2c1CN(C(=O)CC1CC1c1ccc(Cl)nc1)C2. The highest BCUT2D eigenvalue weighted by Crippen LogP contribution is 2.50. The van der Waals surface area contributed by atoms with E-state index in [0.717, 1.165) is 23.5 Å². The van der Waals surface area contributed by atoms with Crippen molar-refractivity contribution >= 4 is 23.3 Å². The summed E-state index contributed by atoms with van der Waals surface area (Å²) in [6.07, 6.45) is 3.49. The van der Waals surface area contributed by atoms with Crippen LogP contribution in [0.5, 0.6) is 0 Å². The molecule has 0 radical (unpaired) electrons. The van der Waals surface area contributed by atoms with Crippen LogP contribution in [0.1, 0.15) is 46.7 Å². The lowest BCUT2D eigenvalue weighted by Crippen LogP contribution is -2.25. The van der Waals surface area contributed by atoms with Crippen LogP contribution >= 0.6 is 11.6 Å². The predicted octanol–water partition coefficient (Wildman–Crippen LogP) is 3.82. The molecule has 3 heterocycles. The van der Waals surface area contributed by atoms with Crippen LogP contribution in [-0.2, 0) is 17.9 Å². The van der Waals surface area contributed by atoms with Crippen molar-refractivity contribution in [3.63, 3.8) is 0 Å². The molecule has 2 aliphatic rings. The fraction of sp³-hybridized carbons (Fsp3) is 0.450. The third-order valence-corrected chi connectivity index (χ3v) is 5.97. The molecule has 1 amide bonds. The molecule has 1 N–H and O–H groups in total. The van der Waals surface area contributed by atoms with Gasteiger partial charge in [-0.1, -0.05) is 17.7 Å². The molecule has 0 saturated heterocycles. The van der Waals surface area contributed by atoms with Gasteiger partial charge in [0.2, 0.25) is 5.91 Å². The summed E-state index contributed by atoms with van der Waals surface area (Å²) in [5.74, 6) is 1.98. The zero-order valence-electron chi connectivity index (χ0n) is 15.3. The maximum atomic E-state index is 12.8. The molecule has 2 atom stereocenters. The average molecular weight is 371 g/mol. The lowest BCUT2D eigenvalue weighted by atomic mass is 10.0. The van der Waals surface area contributed by atoms with Gasteiger partial charge in [-0.3, -0.25) is 4.79 Å². The Labute approximate surface area is 158 Å². The summed E-state index contributed by atoms with van der Waals surface area (Å²) in [7, 11) is 1.89. The molecular formula is C20H23ClN4O. The van der Waals surface area contributed by atoms with Gasteiger partial charge >= 0.3 is 0 Å². The Hall–Kier alpha value is -2.14. The number of anilines is 1. The van der Waals surface area contributed by atoms with Crippen LogP contribution in [0.2, 0.25) is 5.15 Å². The second-order valence-corrected chi connectivity index (χ2v) is 7.74. The van der Waals surface area contributed by atoms with Crippen LogP contribution in [0.15, 0.2) is 18.3 Å². The minimum Gasteiger partial charge on any atom is -0.373 e. The van der Waals surface area contributed by atoms with Crippen molar-refractivity contribution in [2.45, 2.75) is 45.7 Å². The summed E-state index contributed by atoms with van der Waals surface area (Å²) in [5.41, 5.74) is 5.83. The summed E-state index contributed by atoms with van der Waals surface area (Å²) in [4.78, 5) is 23.6. The van der Waals surface area contributed by atoms with Crippen LogP contribution in [0.4, 0.5) is 5.82 Å². The number of nitrogens with zero attached hydrogens (tertiary/aromatic N) is 3. The van der Waals surface area contributed by atoms with Crippen molar-refractivity contribution in [2.75, 3.05) is 12.4 Å². The van der Waals surface area contributed by atoms with E-state index in [9.17, 15) is 4.79 Å². The molecule has 1 saturated carbocycles. The van der Waals surface area contributed by atoms with Gasteiger partial charge in [0.1, 0.15) is 11.0 Å². The molecule has 1 aliphatic heterocycles. The fourth-order valence-corrected chi connectivity index (χ4v) is 4.06. The van der Waals surface area contributed by atoms with Crippen LogP contribution in [0.25, 0.3) is 0 Å². The standard InChI is InChI=1S/C20H23ClN4O/c1-11-12(2)24-20(22-3)17-10-25(9-16(11)17)19(26)7-14-6-15(14)13-4-5-18(21)23-8-13/h4-5,8,14-15H,6-7,9-10H2,1-3H3,(H,22,24). The lowest BCUT2D eigenvalue weighted by Gasteiger charge is -2.15. The maximum Gasteiger partial charge on any atom is 0.223 e. The molecule has 5 nitrogen and oxygen atoms in total. The van der Waals surface area contributed by atoms with Gasteiger partial charge in [0, 0.05) is 44.0 Å². The maximum absolute atomic E-state index is 12.8. The highest BCUT2D eigenvalue weighted by molar-refractivity contribution is 6.29. The molecular weight excluding hydrogens is 348 g/mol. The van der Waals surface area contributed by atoms with Crippen molar-refractivity contribution in [3.8, 4) is 0 Å². The Morgan fingerprint density at radius 2 is 2.08 bits per heavy atom. The first-order valence-corrected chi connectivity index (χ1v) is 9.41. The Kier molecular flexibility index (Phi) is 4.35. The number of aromatic nitrogens is 2. The second-order valence-electron chi connectivity index (χ2n) is 7.35. The first kappa shape index (κ1) is 17.3. The average Bonchev–Trinajstić information content (AvgIpc) is 3.24. The quantitative estimate of drug-likeness (QED) is 0.831. The number of halogens is 1. The third kappa shape index (κ3) is 3.05. The van der Waals surface area contributed by atoms with E-state index in [-0.39, 0.29) is 5.91 Å². The topological polar surface area (TPSA) is 58.1 Å². The largest absolute Gasteiger partial charge is 0.373 e. The van der Waals surface area contributed by atoms with E-state index < -0.39 is 0 Å². The van der Waals surface area contributed by atoms with E-state index in [2.05, 4.69) is 22.2 Å². The molecule has 2 aromatic rings. The minimum atomic E-state index is 0.231. The second kappa shape index (κ2) is 6.54. The zero-order chi connectivity index (χ0) is 18.4. The van der Waals surface area contributed by atoms with Gasteiger partial charge in [0.05, 0.1) is 0 Å². The van der Waals surface area contributed by atoms with Crippen molar-refractivity contribution in [1.29, 1.82) is 0 Å². The zero-order valence-corrected chi connectivity index (χ0v) is 16.1. The van der Waals surface area contributed by atoms with Gasteiger partial charge in [-0.25, -0.2) is 9.97 Å². The number of carbonyl (C=O) groups is 1. The fourth-order valence-electron chi connectivity index (χ4n) is 3.95. The molecule has 2 aromatic heterocycles. The Bertz CT molecular complexity index is 865. The minimum absolute atomic E-state index is 0.231. The van der Waals surface area contributed by atoms with Crippen LogP contribution < -0.4 is 5.32 Å². The van der Waals surface area contributed by atoms with Crippen LogP contribution in [0.3, 0.4) is 0 Å². The number of aryl methyl sites for hydroxylation is 1. The molecule has 1 fully saturated rings. The van der Waals surface area contributed by atoms with Crippen molar-refractivity contribution in [2.24, 2.45) is 5.92 Å². The summed E-state index contributed by atoms with van der Waals surface area (Å²) in [6, 6.07) is 3.84. The van der Waals surface area contributed by atoms with E-state index in [4.69, 9.17) is 11.6 Å². The summed E-state index contributed by atoms with van der Waals surface area (Å²) in [6.45, 7) is 5.46. The Balaban J connectivity index is 1.43. The first-order valence-electron chi connectivity index (χ1n) is 9.03. The predicted molar refractivity (Wildman–Crippen MR) is 102 cm³/mol. The van der Waals surface area contributed by atoms with Crippen LogP contribution in [-0.4, -0.2) is 27.8 Å². The molecule has 2 unspecified atom stereocenters. The van der Waals surface area contributed by atoms with E-state index in [1.165, 1.54) is 16.7 Å². The van der Waals surface area contributed by atoms with Gasteiger partial charge in [0.25, 0.3) is 0 Å². The Morgan fingerprint density at radius 1 is 1.31 bits per heavy atom. The number of rotatable bonds is 4.